The lowest BCUT2D eigenvalue weighted by Gasteiger charge is -2.14. The number of hydrogen-bond donors (Lipinski definition) is 1. The third-order valence-corrected chi connectivity index (χ3v) is 3.54. The number of nitrogens with one attached hydrogen (secondary N) is 1. The largest absolute Gasteiger partial charge is 0.493 e. The first-order valence-electron chi connectivity index (χ1n) is 8.46. The van der Waals surface area contributed by atoms with Crippen LogP contribution in [0.5, 0.6) is 5.75 Å². The summed E-state index contributed by atoms with van der Waals surface area (Å²) in [5, 5.41) is 2.09. The second kappa shape index (κ2) is 9.12. The van der Waals surface area contributed by atoms with Crippen molar-refractivity contribution in [2.75, 3.05) is 11.9 Å². The zero-order chi connectivity index (χ0) is 20.0. The second-order valence-corrected chi connectivity index (χ2v) is 6.36. The van der Waals surface area contributed by atoms with Crippen molar-refractivity contribution in [1.29, 1.82) is 0 Å². The average Bonchev–Trinajstić information content (AvgIpc) is 2.63. The van der Waals surface area contributed by atoms with Crippen molar-refractivity contribution < 1.29 is 27.8 Å². The zero-order valence-corrected chi connectivity index (χ0v) is 15.3. The monoisotopic (exact) mass is 377 g/mol. The van der Waals surface area contributed by atoms with E-state index >= 15 is 0 Å². The molecule has 0 bridgehead atoms. The minimum atomic E-state index is -1.24. The molecule has 0 spiro atoms. The Balaban J connectivity index is 1.95. The summed E-state index contributed by atoms with van der Waals surface area (Å²) >= 11 is 0. The van der Waals surface area contributed by atoms with Crippen LogP contribution in [-0.4, -0.2) is 24.6 Å². The Bertz CT molecular complexity index is 786. The van der Waals surface area contributed by atoms with Gasteiger partial charge in [-0.25, -0.2) is 13.6 Å². The first-order chi connectivity index (χ1) is 12.8. The third-order valence-electron chi connectivity index (χ3n) is 3.54. The summed E-state index contributed by atoms with van der Waals surface area (Å²) in [6.45, 7) is 5.90. The number of halogens is 2. The van der Waals surface area contributed by atoms with Crippen molar-refractivity contribution in [2.45, 2.75) is 26.9 Å². The number of benzene rings is 2. The van der Waals surface area contributed by atoms with Crippen LogP contribution in [0.3, 0.4) is 0 Å². The molecule has 0 fully saturated rings. The summed E-state index contributed by atoms with van der Waals surface area (Å²) in [6.07, 6.45) is -1.24. The van der Waals surface area contributed by atoms with Gasteiger partial charge in [-0.15, -0.1) is 0 Å². The summed E-state index contributed by atoms with van der Waals surface area (Å²) in [6, 6.07) is 9.48. The summed E-state index contributed by atoms with van der Waals surface area (Å²) < 4.78 is 37.7. The zero-order valence-electron chi connectivity index (χ0n) is 15.3. The molecular weight excluding hydrogens is 356 g/mol. The summed E-state index contributed by atoms with van der Waals surface area (Å²) in [5.41, 5.74) is -0.360. The maximum Gasteiger partial charge on any atom is 0.338 e. The normalized spacial score (nSPS) is 11.8. The van der Waals surface area contributed by atoms with Gasteiger partial charge in [0.2, 0.25) is 0 Å². The number of hydrogen-bond acceptors (Lipinski definition) is 4. The van der Waals surface area contributed by atoms with Crippen molar-refractivity contribution in [2.24, 2.45) is 5.92 Å². The summed E-state index contributed by atoms with van der Waals surface area (Å²) in [7, 11) is 0. The van der Waals surface area contributed by atoms with Crippen LogP contribution in [0.2, 0.25) is 0 Å². The molecule has 0 aromatic heterocycles. The number of rotatable bonds is 7. The Hall–Kier alpha value is -2.96. The smallest absolute Gasteiger partial charge is 0.338 e. The fourth-order valence-electron chi connectivity index (χ4n) is 2.07. The number of anilines is 1. The molecule has 1 amide bonds. The minimum Gasteiger partial charge on any atom is -0.493 e. The lowest BCUT2D eigenvalue weighted by molar-refractivity contribution is -0.123. The van der Waals surface area contributed by atoms with Crippen molar-refractivity contribution in [1.82, 2.24) is 0 Å². The molecule has 144 valence electrons. The van der Waals surface area contributed by atoms with E-state index in [1.807, 2.05) is 13.8 Å². The molecule has 0 aliphatic rings. The van der Waals surface area contributed by atoms with Gasteiger partial charge in [-0.2, -0.15) is 0 Å². The van der Waals surface area contributed by atoms with Gasteiger partial charge in [-0.05, 0) is 49.2 Å². The van der Waals surface area contributed by atoms with Crippen molar-refractivity contribution in [3.8, 4) is 5.75 Å². The molecule has 7 heteroatoms. The predicted octanol–water partition coefficient (Wildman–Crippen LogP) is 4.18. The summed E-state index contributed by atoms with van der Waals surface area (Å²) in [4.78, 5) is 24.2. The predicted molar refractivity (Wildman–Crippen MR) is 96.6 cm³/mol. The molecule has 0 aliphatic carbocycles. The molecular formula is C20H21F2NO4. The first-order valence-corrected chi connectivity index (χ1v) is 8.46. The number of esters is 1. The van der Waals surface area contributed by atoms with E-state index < -0.39 is 35.3 Å². The quantitative estimate of drug-likeness (QED) is 0.735. The fourth-order valence-corrected chi connectivity index (χ4v) is 2.07. The molecule has 0 heterocycles. The lowest BCUT2D eigenvalue weighted by atomic mass is 10.2. The number of amides is 1. The molecule has 0 unspecified atom stereocenters. The Labute approximate surface area is 156 Å². The molecule has 27 heavy (non-hydrogen) atoms. The van der Waals surface area contributed by atoms with E-state index in [4.69, 9.17) is 9.47 Å². The Kier molecular flexibility index (Phi) is 6.87. The van der Waals surface area contributed by atoms with Crippen LogP contribution < -0.4 is 10.1 Å². The topological polar surface area (TPSA) is 64.6 Å². The highest BCUT2D eigenvalue weighted by molar-refractivity contribution is 5.97. The molecule has 0 saturated heterocycles. The molecule has 0 saturated carbocycles. The average molecular weight is 377 g/mol. The van der Waals surface area contributed by atoms with Crippen LogP contribution >= 0.6 is 0 Å². The number of ether oxygens (including phenoxy) is 2. The maximum absolute atomic E-state index is 13.6. The highest BCUT2D eigenvalue weighted by Crippen LogP contribution is 2.19. The Morgan fingerprint density at radius 2 is 1.59 bits per heavy atom. The third kappa shape index (κ3) is 5.77. The molecule has 2 aromatic rings. The highest BCUT2D eigenvalue weighted by Gasteiger charge is 2.21. The Morgan fingerprint density at radius 1 is 1.00 bits per heavy atom. The first kappa shape index (κ1) is 20.4. The van der Waals surface area contributed by atoms with Gasteiger partial charge in [0.1, 0.15) is 23.1 Å². The van der Waals surface area contributed by atoms with Gasteiger partial charge in [0.25, 0.3) is 5.91 Å². The van der Waals surface area contributed by atoms with Gasteiger partial charge in [0, 0.05) is 0 Å². The van der Waals surface area contributed by atoms with Crippen molar-refractivity contribution >= 4 is 17.6 Å². The van der Waals surface area contributed by atoms with Gasteiger partial charge in [-0.1, -0.05) is 19.9 Å². The number of carbonyl (C=O) groups excluding carboxylic acids is 2. The maximum atomic E-state index is 13.6. The molecule has 0 aliphatic heterocycles. The van der Waals surface area contributed by atoms with E-state index in [9.17, 15) is 18.4 Å². The fraction of sp³-hybridized carbons (Fsp3) is 0.300. The van der Waals surface area contributed by atoms with E-state index in [2.05, 4.69) is 5.32 Å². The van der Waals surface area contributed by atoms with Gasteiger partial charge in [-0.3, -0.25) is 4.79 Å². The number of carbonyl (C=O) groups is 2. The van der Waals surface area contributed by atoms with E-state index in [0.29, 0.717) is 18.3 Å². The SMILES string of the molecule is CC(C)COc1ccc(C(=O)O[C@@H](C)C(=O)Nc2c(F)cccc2F)cc1. The molecule has 2 rings (SSSR count). The molecule has 2 aromatic carbocycles. The van der Waals surface area contributed by atoms with E-state index in [0.717, 1.165) is 12.1 Å². The van der Waals surface area contributed by atoms with Crippen LogP contribution in [-0.2, 0) is 9.53 Å². The molecule has 5 nitrogen and oxygen atoms in total. The van der Waals surface area contributed by atoms with Gasteiger partial charge in [0.15, 0.2) is 6.10 Å². The van der Waals surface area contributed by atoms with Crippen LogP contribution in [0.4, 0.5) is 14.5 Å². The molecule has 1 atom stereocenters. The highest BCUT2D eigenvalue weighted by atomic mass is 19.1. The summed E-state index contributed by atoms with van der Waals surface area (Å²) in [5.74, 6) is -2.43. The second-order valence-electron chi connectivity index (χ2n) is 6.36. The number of para-hydroxylation sites is 1. The van der Waals surface area contributed by atoms with E-state index in [1.54, 1.807) is 12.1 Å². The Morgan fingerprint density at radius 3 is 2.15 bits per heavy atom. The minimum absolute atomic E-state index is 0.226. The van der Waals surface area contributed by atoms with Gasteiger partial charge < -0.3 is 14.8 Å². The lowest BCUT2D eigenvalue weighted by Crippen LogP contribution is -2.30. The van der Waals surface area contributed by atoms with Crippen LogP contribution in [0.15, 0.2) is 42.5 Å². The van der Waals surface area contributed by atoms with Crippen LogP contribution in [0.1, 0.15) is 31.1 Å². The van der Waals surface area contributed by atoms with Crippen molar-refractivity contribution in [3.63, 3.8) is 0 Å². The van der Waals surface area contributed by atoms with E-state index in [-0.39, 0.29) is 5.56 Å². The molecule has 0 radical (unpaired) electrons. The standard InChI is InChI=1S/C20H21F2NO4/c1-12(2)11-26-15-9-7-14(8-10-15)20(25)27-13(3)19(24)23-18-16(21)5-4-6-17(18)22/h4-10,12-13H,11H2,1-3H3,(H,23,24)/t13-/m0/s1. The van der Waals surface area contributed by atoms with Gasteiger partial charge >= 0.3 is 5.97 Å². The van der Waals surface area contributed by atoms with E-state index in [1.165, 1.54) is 25.1 Å². The van der Waals surface area contributed by atoms with Crippen molar-refractivity contribution in [3.05, 3.63) is 59.7 Å². The molecule has 1 N–H and O–H groups in total. The van der Waals surface area contributed by atoms with Crippen LogP contribution in [0, 0.1) is 17.6 Å². The van der Waals surface area contributed by atoms with Gasteiger partial charge in [0.05, 0.1) is 12.2 Å². The van der Waals surface area contributed by atoms with Crippen LogP contribution in [0.25, 0.3) is 0 Å².